The molecule has 0 aliphatic carbocycles. The monoisotopic (exact) mass is 342 g/mol. The van der Waals surface area contributed by atoms with E-state index in [0.29, 0.717) is 40.2 Å². The molecule has 5 heteroatoms. The van der Waals surface area contributed by atoms with Gasteiger partial charge in [-0.25, -0.2) is 0 Å². The molecule has 122 valence electrons. The Morgan fingerprint density at radius 3 is 2.50 bits per heavy atom. The first-order chi connectivity index (χ1) is 11.5. The Labute approximate surface area is 143 Å². The minimum atomic E-state index is -0.242. The Morgan fingerprint density at radius 1 is 1.25 bits per heavy atom. The summed E-state index contributed by atoms with van der Waals surface area (Å²) in [5, 5.41) is 11.0. The van der Waals surface area contributed by atoms with Crippen LogP contribution in [-0.2, 0) is 6.42 Å². The van der Waals surface area contributed by atoms with Gasteiger partial charge in [0.05, 0.1) is 16.5 Å². The number of halogens is 1. The van der Waals surface area contributed by atoms with Crippen molar-refractivity contribution in [3.05, 3.63) is 62.5 Å². The number of hydrogen-bond donors (Lipinski definition) is 1. The average Bonchev–Trinajstić information content (AvgIpc) is 2.56. The lowest BCUT2D eigenvalue weighted by molar-refractivity contribution is 0.112. The minimum absolute atomic E-state index is 0.00667. The van der Waals surface area contributed by atoms with Gasteiger partial charge in [0.2, 0.25) is 5.43 Å². The van der Waals surface area contributed by atoms with E-state index in [1.807, 2.05) is 6.92 Å². The minimum Gasteiger partial charge on any atom is -0.507 e. The van der Waals surface area contributed by atoms with Crippen LogP contribution in [0.25, 0.3) is 22.1 Å². The maximum absolute atomic E-state index is 13.0. The second kappa shape index (κ2) is 6.13. The molecule has 0 aliphatic rings. The number of phenols is 1. The van der Waals surface area contributed by atoms with Crippen LogP contribution in [0.5, 0.6) is 5.75 Å². The van der Waals surface area contributed by atoms with E-state index in [9.17, 15) is 14.7 Å². The van der Waals surface area contributed by atoms with Crippen LogP contribution in [0.2, 0.25) is 5.02 Å². The van der Waals surface area contributed by atoms with Gasteiger partial charge < -0.3 is 9.52 Å². The van der Waals surface area contributed by atoms with E-state index >= 15 is 0 Å². The lowest BCUT2D eigenvalue weighted by Gasteiger charge is -2.11. The Hall–Kier alpha value is -2.59. The van der Waals surface area contributed by atoms with Gasteiger partial charge >= 0.3 is 0 Å². The van der Waals surface area contributed by atoms with Gasteiger partial charge in [-0.3, -0.25) is 9.59 Å². The van der Waals surface area contributed by atoms with Crippen molar-refractivity contribution in [3.63, 3.8) is 0 Å². The summed E-state index contributed by atoms with van der Waals surface area (Å²) in [5.41, 5.74) is 1.51. The first-order valence-corrected chi connectivity index (χ1v) is 7.89. The van der Waals surface area contributed by atoms with Crippen molar-refractivity contribution in [2.75, 3.05) is 0 Å². The van der Waals surface area contributed by atoms with Gasteiger partial charge in [-0.1, -0.05) is 30.7 Å². The zero-order chi connectivity index (χ0) is 17.4. The average molecular weight is 343 g/mol. The third kappa shape index (κ3) is 2.49. The Bertz CT molecular complexity index is 1000. The zero-order valence-corrected chi connectivity index (χ0v) is 14.0. The molecule has 1 N–H and O–H groups in total. The molecule has 0 aliphatic heterocycles. The first-order valence-electron chi connectivity index (χ1n) is 7.51. The van der Waals surface area contributed by atoms with E-state index in [1.165, 1.54) is 0 Å². The van der Waals surface area contributed by atoms with Gasteiger partial charge in [-0.2, -0.15) is 0 Å². The molecule has 0 saturated heterocycles. The summed E-state index contributed by atoms with van der Waals surface area (Å²) < 4.78 is 5.74. The maximum Gasteiger partial charge on any atom is 0.200 e. The summed E-state index contributed by atoms with van der Waals surface area (Å²) in [7, 11) is 0. The lowest BCUT2D eigenvalue weighted by Crippen LogP contribution is -2.09. The van der Waals surface area contributed by atoms with Gasteiger partial charge in [-0.15, -0.1) is 0 Å². The fourth-order valence-corrected chi connectivity index (χ4v) is 2.97. The first kappa shape index (κ1) is 16.3. The Balaban J connectivity index is 2.43. The van der Waals surface area contributed by atoms with Crippen LogP contribution in [-0.4, -0.2) is 11.4 Å². The summed E-state index contributed by atoms with van der Waals surface area (Å²) in [6, 6.07) is 8.48. The highest BCUT2D eigenvalue weighted by Gasteiger charge is 2.19. The van der Waals surface area contributed by atoms with Crippen LogP contribution in [0.1, 0.15) is 28.6 Å². The van der Waals surface area contributed by atoms with Crippen molar-refractivity contribution in [2.24, 2.45) is 0 Å². The third-order valence-corrected chi connectivity index (χ3v) is 4.33. The second-order valence-corrected chi connectivity index (χ2v) is 5.95. The Kier molecular flexibility index (Phi) is 4.16. The van der Waals surface area contributed by atoms with Crippen LogP contribution in [0.3, 0.4) is 0 Å². The summed E-state index contributed by atoms with van der Waals surface area (Å²) in [6.45, 7) is 3.50. The molecular formula is C19H15ClO4. The Morgan fingerprint density at radius 2 is 1.92 bits per heavy atom. The standard InChI is InChI=1S/C19H15ClO4/c1-3-11-8-14-18(23)16(12-4-6-13(20)7-5-12)10(2)24-19(14)15(9-21)17(11)22/h4-9,22H,3H2,1-2H3. The molecule has 3 aromatic rings. The van der Waals surface area contributed by atoms with Crippen LogP contribution in [0.4, 0.5) is 0 Å². The number of carbonyl (C=O) groups excluding carboxylic acids is 1. The van der Waals surface area contributed by atoms with Gasteiger partial charge in [0.25, 0.3) is 0 Å². The molecule has 4 nitrogen and oxygen atoms in total. The van der Waals surface area contributed by atoms with E-state index < -0.39 is 0 Å². The number of rotatable bonds is 3. The normalized spacial score (nSPS) is 11.0. The summed E-state index contributed by atoms with van der Waals surface area (Å²) >= 11 is 5.90. The number of aryl methyl sites for hydroxylation is 2. The molecule has 0 spiro atoms. The summed E-state index contributed by atoms with van der Waals surface area (Å²) in [5.74, 6) is 0.239. The molecule has 0 radical (unpaired) electrons. The van der Waals surface area contributed by atoms with E-state index in [0.717, 1.165) is 0 Å². The van der Waals surface area contributed by atoms with Crippen LogP contribution in [0, 0.1) is 6.92 Å². The molecule has 1 heterocycles. The quantitative estimate of drug-likeness (QED) is 0.711. The second-order valence-electron chi connectivity index (χ2n) is 5.52. The SMILES string of the molecule is CCc1cc2c(=O)c(-c3ccc(Cl)cc3)c(C)oc2c(C=O)c1O. The van der Waals surface area contributed by atoms with E-state index in [-0.39, 0.29) is 27.7 Å². The van der Waals surface area contributed by atoms with E-state index in [1.54, 1.807) is 37.3 Å². The van der Waals surface area contributed by atoms with Crippen LogP contribution in [0.15, 0.2) is 39.5 Å². The van der Waals surface area contributed by atoms with Gasteiger partial charge in [0.15, 0.2) is 11.9 Å². The largest absolute Gasteiger partial charge is 0.507 e. The number of aromatic hydroxyl groups is 1. The van der Waals surface area contributed by atoms with Crippen molar-refractivity contribution in [2.45, 2.75) is 20.3 Å². The molecule has 1 aromatic heterocycles. The topological polar surface area (TPSA) is 67.5 Å². The van der Waals surface area contributed by atoms with E-state index in [4.69, 9.17) is 16.0 Å². The number of phenolic OH excluding ortho intramolecular Hbond substituents is 1. The number of aldehydes is 1. The number of fused-ring (bicyclic) bond motifs is 1. The number of benzene rings is 2. The fraction of sp³-hybridized carbons (Fsp3) is 0.158. The molecule has 0 unspecified atom stereocenters. The lowest BCUT2D eigenvalue weighted by atomic mass is 9.98. The molecule has 0 atom stereocenters. The fourth-order valence-electron chi connectivity index (χ4n) is 2.84. The highest BCUT2D eigenvalue weighted by atomic mass is 35.5. The summed E-state index contributed by atoms with van der Waals surface area (Å²) in [4.78, 5) is 24.4. The molecule has 3 rings (SSSR count). The van der Waals surface area contributed by atoms with Crippen molar-refractivity contribution in [1.82, 2.24) is 0 Å². The van der Waals surface area contributed by atoms with Crippen LogP contribution >= 0.6 is 11.6 Å². The maximum atomic E-state index is 13.0. The highest BCUT2D eigenvalue weighted by molar-refractivity contribution is 6.30. The molecule has 0 amide bonds. The predicted octanol–water partition coefficient (Wildman–Crippen LogP) is 4.50. The van der Waals surface area contributed by atoms with Gasteiger partial charge in [-0.05, 0) is 42.7 Å². The smallest absolute Gasteiger partial charge is 0.200 e. The molecule has 0 bridgehead atoms. The third-order valence-electron chi connectivity index (χ3n) is 4.08. The van der Waals surface area contributed by atoms with Crippen LogP contribution < -0.4 is 5.43 Å². The molecule has 24 heavy (non-hydrogen) atoms. The van der Waals surface area contributed by atoms with Gasteiger partial charge in [0.1, 0.15) is 11.5 Å². The summed E-state index contributed by atoms with van der Waals surface area (Å²) in [6.07, 6.45) is 1.01. The van der Waals surface area contributed by atoms with Crippen molar-refractivity contribution < 1.29 is 14.3 Å². The van der Waals surface area contributed by atoms with Crippen molar-refractivity contribution >= 4 is 28.9 Å². The van der Waals surface area contributed by atoms with Crippen molar-refractivity contribution in [3.8, 4) is 16.9 Å². The number of hydrogen-bond acceptors (Lipinski definition) is 4. The molecule has 0 saturated carbocycles. The predicted molar refractivity (Wildman–Crippen MR) is 94.1 cm³/mol. The zero-order valence-electron chi connectivity index (χ0n) is 13.2. The number of carbonyl (C=O) groups is 1. The molecular weight excluding hydrogens is 328 g/mol. The van der Waals surface area contributed by atoms with Crippen molar-refractivity contribution in [1.29, 1.82) is 0 Å². The molecule has 0 fully saturated rings. The highest BCUT2D eigenvalue weighted by Crippen LogP contribution is 2.32. The molecule has 2 aromatic carbocycles. The van der Waals surface area contributed by atoms with E-state index in [2.05, 4.69) is 0 Å². The van der Waals surface area contributed by atoms with Gasteiger partial charge in [0, 0.05) is 5.02 Å².